The molecule has 1 atom stereocenters. The smallest absolute Gasteiger partial charge is 0.321 e. The van der Waals surface area contributed by atoms with Crippen LogP contribution in [-0.2, 0) is 17.8 Å². The number of urea groups is 1. The Morgan fingerprint density at radius 1 is 1.06 bits per heavy atom. The van der Waals surface area contributed by atoms with Gasteiger partial charge in [0.15, 0.2) is 0 Å². The zero-order chi connectivity index (χ0) is 24.9. The van der Waals surface area contributed by atoms with E-state index in [1.807, 2.05) is 54.6 Å². The number of carbonyl (C=O) groups excluding carboxylic acids is 2. The third kappa shape index (κ3) is 5.49. The molecule has 1 saturated heterocycles. The van der Waals surface area contributed by atoms with Crippen LogP contribution in [0.25, 0.3) is 0 Å². The lowest BCUT2D eigenvalue weighted by atomic mass is 10.1. The lowest BCUT2D eigenvalue weighted by molar-refractivity contribution is -0.120. The molecule has 0 saturated carbocycles. The predicted molar refractivity (Wildman–Crippen MR) is 135 cm³/mol. The zero-order valence-electron chi connectivity index (χ0n) is 20.0. The minimum absolute atomic E-state index is 0.0706. The van der Waals surface area contributed by atoms with Crippen LogP contribution in [0.2, 0.25) is 0 Å². The van der Waals surface area contributed by atoms with Gasteiger partial charge in [-0.1, -0.05) is 48.5 Å². The number of ether oxygens (including phenoxy) is 1. The SMILES string of the molecule is O=C(Cc1ccc(N2CCNC2=O)cc1)NCCN1Cc2ccccc2OC(c2ccccc2F)C1. The van der Waals surface area contributed by atoms with E-state index in [1.54, 1.807) is 17.0 Å². The second kappa shape index (κ2) is 10.8. The molecule has 186 valence electrons. The molecule has 1 unspecified atom stereocenters. The van der Waals surface area contributed by atoms with Gasteiger partial charge in [0.25, 0.3) is 0 Å². The van der Waals surface area contributed by atoms with Gasteiger partial charge in [0.2, 0.25) is 5.91 Å². The van der Waals surface area contributed by atoms with Crippen LogP contribution < -0.4 is 20.3 Å². The zero-order valence-corrected chi connectivity index (χ0v) is 20.0. The number of anilines is 1. The van der Waals surface area contributed by atoms with E-state index in [1.165, 1.54) is 6.07 Å². The highest BCUT2D eigenvalue weighted by Crippen LogP contribution is 2.31. The molecule has 5 rings (SSSR count). The van der Waals surface area contributed by atoms with Crippen LogP contribution in [0.5, 0.6) is 5.75 Å². The van der Waals surface area contributed by atoms with Gasteiger partial charge in [0.05, 0.1) is 6.42 Å². The van der Waals surface area contributed by atoms with Gasteiger partial charge in [0.1, 0.15) is 17.7 Å². The van der Waals surface area contributed by atoms with E-state index in [-0.39, 0.29) is 24.2 Å². The fourth-order valence-electron chi connectivity index (χ4n) is 4.66. The fraction of sp³-hybridized carbons (Fsp3) is 0.286. The largest absolute Gasteiger partial charge is 0.484 e. The molecule has 36 heavy (non-hydrogen) atoms. The summed E-state index contributed by atoms with van der Waals surface area (Å²) in [7, 11) is 0. The van der Waals surface area contributed by atoms with Crippen LogP contribution in [0.1, 0.15) is 22.8 Å². The first kappa shape index (κ1) is 23.8. The number of fused-ring (bicyclic) bond motifs is 1. The van der Waals surface area contributed by atoms with Crippen molar-refractivity contribution in [3.05, 3.63) is 95.3 Å². The van der Waals surface area contributed by atoms with Crippen LogP contribution in [0.3, 0.4) is 0 Å². The number of hydrogen-bond acceptors (Lipinski definition) is 4. The third-order valence-electron chi connectivity index (χ3n) is 6.53. The summed E-state index contributed by atoms with van der Waals surface area (Å²) < 4.78 is 20.7. The van der Waals surface area contributed by atoms with Crippen LogP contribution >= 0.6 is 0 Å². The van der Waals surface area contributed by atoms with Gasteiger partial charge in [0, 0.05) is 56.1 Å². The number of nitrogens with one attached hydrogen (secondary N) is 2. The van der Waals surface area contributed by atoms with Crippen molar-refractivity contribution < 1.29 is 18.7 Å². The Morgan fingerprint density at radius 2 is 1.83 bits per heavy atom. The van der Waals surface area contributed by atoms with E-state index < -0.39 is 6.10 Å². The molecular formula is C28H29FN4O3. The second-order valence-corrected chi connectivity index (χ2v) is 9.05. The molecule has 0 spiro atoms. The van der Waals surface area contributed by atoms with Gasteiger partial charge in [-0.2, -0.15) is 0 Å². The van der Waals surface area contributed by atoms with E-state index >= 15 is 0 Å². The summed E-state index contributed by atoms with van der Waals surface area (Å²) in [4.78, 5) is 28.2. The van der Waals surface area contributed by atoms with Gasteiger partial charge in [-0.3, -0.25) is 14.6 Å². The molecule has 0 bridgehead atoms. The molecule has 2 heterocycles. The number of para-hydroxylation sites is 1. The number of nitrogens with zero attached hydrogens (tertiary/aromatic N) is 2. The van der Waals surface area contributed by atoms with E-state index in [4.69, 9.17) is 4.74 Å². The summed E-state index contributed by atoms with van der Waals surface area (Å²) >= 11 is 0. The van der Waals surface area contributed by atoms with Crippen molar-refractivity contribution in [2.45, 2.75) is 19.1 Å². The molecule has 2 aliphatic rings. The van der Waals surface area contributed by atoms with Crippen LogP contribution in [0, 0.1) is 5.82 Å². The van der Waals surface area contributed by atoms with Gasteiger partial charge in [-0.05, 0) is 29.8 Å². The van der Waals surface area contributed by atoms with E-state index in [2.05, 4.69) is 15.5 Å². The quantitative estimate of drug-likeness (QED) is 0.533. The first-order chi connectivity index (χ1) is 17.6. The summed E-state index contributed by atoms with van der Waals surface area (Å²) in [6.45, 7) is 3.52. The highest BCUT2D eigenvalue weighted by Gasteiger charge is 2.26. The van der Waals surface area contributed by atoms with Crippen molar-refractivity contribution in [2.75, 3.05) is 37.6 Å². The van der Waals surface area contributed by atoms with Gasteiger partial charge in [-0.25, -0.2) is 9.18 Å². The minimum atomic E-state index is -0.443. The van der Waals surface area contributed by atoms with E-state index in [0.717, 1.165) is 22.6 Å². The number of amides is 3. The first-order valence-electron chi connectivity index (χ1n) is 12.2. The number of benzene rings is 3. The molecule has 0 radical (unpaired) electrons. The number of carbonyl (C=O) groups is 2. The summed E-state index contributed by atoms with van der Waals surface area (Å²) in [5, 5.41) is 5.78. The number of hydrogen-bond donors (Lipinski definition) is 2. The van der Waals surface area contributed by atoms with Crippen molar-refractivity contribution in [3.8, 4) is 5.75 Å². The molecular weight excluding hydrogens is 459 g/mol. The van der Waals surface area contributed by atoms with Gasteiger partial charge in [-0.15, -0.1) is 0 Å². The molecule has 3 aromatic rings. The van der Waals surface area contributed by atoms with Crippen molar-refractivity contribution in [1.29, 1.82) is 0 Å². The molecule has 7 nitrogen and oxygen atoms in total. The van der Waals surface area contributed by atoms with Crippen LogP contribution in [0.15, 0.2) is 72.8 Å². The van der Waals surface area contributed by atoms with Crippen LogP contribution in [-0.4, -0.2) is 49.6 Å². The molecule has 2 aliphatic heterocycles. The fourth-order valence-corrected chi connectivity index (χ4v) is 4.66. The number of rotatable bonds is 7. The topological polar surface area (TPSA) is 73.9 Å². The summed E-state index contributed by atoms with van der Waals surface area (Å²) in [5.41, 5.74) is 3.27. The second-order valence-electron chi connectivity index (χ2n) is 9.05. The van der Waals surface area contributed by atoms with Gasteiger partial charge < -0.3 is 15.4 Å². The maximum Gasteiger partial charge on any atom is 0.321 e. The molecule has 0 aliphatic carbocycles. The van der Waals surface area contributed by atoms with E-state index in [9.17, 15) is 14.0 Å². The number of halogens is 1. The molecule has 8 heteroatoms. The average molecular weight is 489 g/mol. The van der Waals surface area contributed by atoms with Gasteiger partial charge >= 0.3 is 6.03 Å². The summed E-state index contributed by atoms with van der Waals surface area (Å²) in [5.74, 6) is 0.400. The highest BCUT2D eigenvalue weighted by atomic mass is 19.1. The maximum absolute atomic E-state index is 14.5. The molecule has 2 N–H and O–H groups in total. The third-order valence-corrected chi connectivity index (χ3v) is 6.53. The molecule has 3 amide bonds. The lowest BCUT2D eigenvalue weighted by Crippen LogP contribution is -2.37. The van der Waals surface area contributed by atoms with Crippen molar-refractivity contribution >= 4 is 17.6 Å². The normalized spacial score (nSPS) is 17.6. The molecule has 1 fully saturated rings. The minimum Gasteiger partial charge on any atom is -0.484 e. The standard InChI is InChI=1S/C28H29FN4O3/c29-24-7-3-2-6-23(24)26-19-32(18-21-5-1-4-8-25(21)36-26)15-13-30-27(34)17-20-9-11-22(12-10-20)33-16-14-31-28(33)35/h1-12,26H,13-19H2,(H,30,34)(H,31,35). The maximum atomic E-state index is 14.5. The van der Waals surface area contributed by atoms with Crippen molar-refractivity contribution in [2.24, 2.45) is 0 Å². The Morgan fingerprint density at radius 3 is 2.61 bits per heavy atom. The monoisotopic (exact) mass is 488 g/mol. The van der Waals surface area contributed by atoms with Crippen molar-refractivity contribution in [3.63, 3.8) is 0 Å². The Bertz CT molecular complexity index is 1230. The Balaban J connectivity index is 1.17. The average Bonchev–Trinajstić information content (AvgIpc) is 3.21. The van der Waals surface area contributed by atoms with E-state index in [0.29, 0.717) is 44.8 Å². The lowest BCUT2D eigenvalue weighted by Gasteiger charge is -2.24. The van der Waals surface area contributed by atoms with Crippen LogP contribution in [0.4, 0.5) is 14.9 Å². The predicted octanol–water partition coefficient (Wildman–Crippen LogP) is 3.65. The van der Waals surface area contributed by atoms with Crippen molar-refractivity contribution in [1.82, 2.24) is 15.5 Å². The Labute approximate surface area is 209 Å². The molecule has 0 aromatic heterocycles. The highest BCUT2D eigenvalue weighted by molar-refractivity contribution is 5.94. The Hall–Kier alpha value is -3.91. The summed E-state index contributed by atoms with van der Waals surface area (Å²) in [6.07, 6.45) is -0.183. The summed E-state index contributed by atoms with van der Waals surface area (Å²) in [6, 6.07) is 21.9. The first-order valence-corrected chi connectivity index (χ1v) is 12.2. The molecule has 3 aromatic carbocycles. The Kier molecular flexibility index (Phi) is 7.13.